The third-order valence-corrected chi connectivity index (χ3v) is 6.16. The fraction of sp³-hybridized carbons (Fsp3) is 0.286. The van der Waals surface area contributed by atoms with Crippen LogP contribution in [-0.4, -0.2) is 18.0 Å². The molecule has 0 N–H and O–H groups in total. The fourth-order valence-electron chi connectivity index (χ4n) is 2.92. The Morgan fingerprint density at radius 3 is 2.19 bits per heavy atom. The van der Waals surface area contributed by atoms with Gasteiger partial charge < -0.3 is 4.74 Å². The molecule has 0 spiro atoms. The van der Waals surface area contributed by atoms with E-state index in [1.54, 1.807) is 34.9 Å². The standard InChI is InChI=1S/C21H24N2O3S/c1-16(2)20-21(27(24,25)19-12-8-5-9-13-19)23(17(3)22-20)15-26-14-18-10-6-4-7-11-18/h4-13,16H,14-15H2,1-3H3. The predicted molar refractivity (Wildman–Crippen MR) is 104 cm³/mol. The van der Waals surface area contributed by atoms with E-state index in [-0.39, 0.29) is 22.6 Å². The summed E-state index contributed by atoms with van der Waals surface area (Å²) < 4.78 is 34.1. The van der Waals surface area contributed by atoms with Gasteiger partial charge in [-0.05, 0) is 30.5 Å². The number of aromatic nitrogens is 2. The Bertz CT molecular complexity index is 995. The number of aryl methyl sites for hydroxylation is 1. The number of hydrogen-bond acceptors (Lipinski definition) is 4. The number of sulfone groups is 1. The van der Waals surface area contributed by atoms with Crippen molar-refractivity contribution < 1.29 is 13.2 Å². The fourth-order valence-corrected chi connectivity index (χ4v) is 4.69. The molecule has 1 aromatic heterocycles. The van der Waals surface area contributed by atoms with Gasteiger partial charge in [0.25, 0.3) is 0 Å². The summed E-state index contributed by atoms with van der Waals surface area (Å²) in [6.07, 6.45) is 0. The molecule has 0 fully saturated rings. The average molecular weight is 385 g/mol. The maximum atomic E-state index is 13.3. The van der Waals surface area contributed by atoms with Crippen LogP contribution in [0.2, 0.25) is 0 Å². The minimum Gasteiger partial charge on any atom is -0.356 e. The number of nitrogens with zero attached hydrogens (tertiary/aromatic N) is 2. The van der Waals surface area contributed by atoms with Crippen molar-refractivity contribution in [2.75, 3.05) is 0 Å². The molecular formula is C21H24N2O3S. The van der Waals surface area contributed by atoms with Crippen LogP contribution in [0.15, 0.2) is 70.6 Å². The molecule has 2 aromatic carbocycles. The van der Waals surface area contributed by atoms with Crippen LogP contribution in [0.4, 0.5) is 0 Å². The lowest BCUT2D eigenvalue weighted by Crippen LogP contribution is -2.15. The van der Waals surface area contributed by atoms with Gasteiger partial charge in [-0.2, -0.15) is 0 Å². The second kappa shape index (κ2) is 8.06. The highest BCUT2D eigenvalue weighted by Gasteiger charge is 2.29. The summed E-state index contributed by atoms with van der Waals surface area (Å²) in [7, 11) is -3.70. The van der Waals surface area contributed by atoms with Crippen LogP contribution in [0.5, 0.6) is 0 Å². The Hall–Kier alpha value is -2.44. The molecule has 142 valence electrons. The smallest absolute Gasteiger partial charge is 0.224 e. The minimum atomic E-state index is -3.70. The largest absolute Gasteiger partial charge is 0.356 e. The average Bonchev–Trinajstić information content (AvgIpc) is 3.01. The first kappa shape index (κ1) is 19.3. The molecule has 5 nitrogen and oxygen atoms in total. The maximum Gasteiger partial charge on any atom is 0.224 e. The summed E-state index contributed by atoms with van der Waals surface area (Å²) in [6, 6.07) is 18.3. The van der Waals surface area contributed by atoms with E-state index >= 15 is 0 Å². The van der Waals surface area contributed by atoms with Crippen molar-refractivity contribution in [2.24, 2.45) is 0 Å². The van der Waals surface area contributed by atoms with Gasteiger partial charge in [0.2, 0.25) is 9.84 Å². The Labute approximate surface area is 160 Å². The van der Waals surface area contributed by atoms with Crippen molar-refractivity contribution in [1.29, 1.82) is 0 Å². The second-order valence-electron chi connectivity index (χ2n) is 6.71. The van der Waals surface area contributed by atoms with Crippen LogP contribution in [0, 0.1) is 6.92 Å². The van der Waals surface area contributed by atoms with E-state index in [9.17, 15) is 8.42 Å². The van der Waals surface area contributed by atoms with Crippen LogP contribution in [-0.2, 0) is 27.9 Å². The SMILES string of the molecule is Cc1nc(C(C)C)c(S(=O)(=O)c2ccccc2)n1COCc1ccccc1. The normalized spacial score (nSPS) is 11.9. The maximum absolute atomic E-state index is 13.3. The van der Waals surface area contributed by atoms with E-state index in [2.05, 4.69) is 4.98 Å². The van der Waals surface area contributed by atoms with E-state index < -0.39 is 9.84 Å². The Balaban J connectivity index is 1.97. The number of rotatable bonds is 7. The van der Waals surface area contributed by atoms with Crippen molar-refractivity contribution in [2.45, 2.75) is 49.9 Å². The molecule has 1 heterocycles. The van der Waals surface area contributed by atoms with Crippen LogP contribution >= 0.6 is 0 Å². The predicted octanol–water partition coefficient (Wildman–Crippen LogP) is 4.32. The van der Waals surface area contributed by atoms with Gasteiger partial charge >= 0.3 is 0 Å². The van der Waals surface area contributed by atoms with E-state index in [1.165, 1.54) is 0 Å². The van der Waals surface area contributed by atoms with E-state index in [0.717, 1.165) is 5.56 Å². The summed E-state index contributed by atoms with van der Waals surface area (Å²) in [5.74, 6) is 0.605. The third kappa shape index (κ3) is 4.12. The van der Waals surface area contributed by atoms with Crippen LogP contribution in [0.25, 0.3) is 0 Å². The summed E-state index contributed by atoms with van der Waals surface area (Å²) in [4.78, 5) is 4.79. The van der Waals surface area contributed by atoms with Crippen LogP contribution in [0.1, 0.15) is 36.8 Å². The number of imidazole rings is 1. The zero-order chi connectivity index (χ0) is 19.4. The first-order valence-electron chi connectivity index (χ1n) is 8.90. The van der Waals surface area contributed by atoms with Crippen molar-refractivity contribution in [1.82, 2.24) is 9.55 Å². The first-order valence-corrected chi connectivity index (χ1v) is 10.4. The van der Waals surface area contributed by atoms with Gasteiger partial charge in [0.05, 0.1) is 17.2 Å². The molecule has 0 saturated heterocycles. The van der Waals surface area contributed by atoms with Gasteiger partial charge in [-0.3, -0.25) is 4.57 Å². The highest BCUT2D eigenvalue weighted by atomic mass is 32.2. The summed E-state index contributed by atoms with van der Waals surface area (Å²) in [5, 5.41) is 0.217. The monoisotopic (exact) mass is 384 g/mol. The molecule has 0 aliphatic rings. The van der Waals surface area contributed by atoms with Crippen LogP contribution in [0.3, 0.4) is 0 Å². The summed E-state index contributed by atoms with van der Waals surface area (Å²) in [6.45, 7) is 6.23. The van der Waals surface area contributed by atoms with Crippen molar-refractivity contribution in [3.05, 3.63) is 77.7 Å². The lowest BCUT2D eigenvalue weighted by Gasteiger charge is -2.14. The Morgan fingerprint density at radius 2 is 1.59 bits per heavy atom. The zero-order valence-corrected chi connectivity index (χ0v) is 16.6. The topological polar surface area (TPSA) is 61.2 Å². The molecular weight excluding hydrogens is 360 g/mol. The van der Waals surface area contributed by atoms with Crippen molar-refractivity contribution in [3.63, 3.8) is 0 Å². The molecule has 0 aliphatic carbocycles. The molecule has 0 bridgehead atoms. The highest BCUT2D eigenvalue weighted by molar-refractivity contribution is 7.91. The lowest BCUT2D eigenvalue weighted by molar-refractivity contribution is 0.0573. The van der Waals surface area contributed by atoms with Gasteiger partial charge in [-0.1, -0.05) is 62.4 Å². The van der Waals surface area contributed by atoms with Gasteiger partial charge in [0.15, 0.2) is 5.03 Å². The summed E-state index contributed by atoms with van der Waals surface area (Å²) >= 11 is 0. The van der Waals surface area contributed by atoms with Gasteiger partial charge in [0, 0.05) is 0 Å². The number of benzene rings is 2. The molecule has 27 heavy (non-hydrogen) atoms. The van der Waals surface area contributed by atoms with Crippen LogP contribution < -0.4 is 0 Å². The lowest BCUT2D eigenvalue weighted by atomic mass is 10.2. The van der Waals surface area contributed by atoms with Crippen molar-refractivity contribution in [3.8, 4) is 0 Å². The Morgan fingerprint density at radius 1 is 1.00 bits per heavy atom. The molecule has 3 aromatic rings. The molecule has 0 atom stereocenters. The molecule has 6 heteroatoms. The summed E-state index contributed by atoms with van der Waals surface area (Å²) in [5.41, 5.74) is 1.60. The van der Waals surface area contributed by atoms with Gasteiger partial charge in [-0.25, -0.2) is 13.4 Å². The molecule has 3 rings (SSSR count). The minimum absolute atomic E-state index is 0.0208. The molecule has 0 aliphatic heterocycles. The van der Waals surface area contributed by atoms with Gasteiger partial charge in [-0.15, -0.1) is 0 Å². The van der Waals surface area contributed by atoms with Crippen molar-refractivity contribution >= 4 is 9.84 Å². The van der Waals surface area contributed by atoms with E-state index in [1.807, 2.05) is 51.1 Å². The highest BCUT2D eigenvalue weighted by Crippen LogP contribution is 2.29. The van der Waals surface area contributed by atoms with Gasteiger partial charge in [0.1, 0.15) is 12.6 Å². The first-order chi connectivity index (χ1) is 12.9. The third-order valence-electron chi connectivity index (χ3n) is 4.32. The Kier molecular flexibility index (Phi) is 5.77. The molecule has 0 amide bonds. The number of ether oxygens (including phenoxy) is 1. The zero-order valence-electron chi connectivity index (χ0n) is 15.8. The quantitative estimate of drug-likeness (QED) is 0.609. The number of hydrogen-bond donors (Lipinski definition) is 0. The second-order valence-corrected chi connectivity index (χ2v) is 8.58. The molecule has 0 saturated carbocycles. The molecule has 0 radical (unpaired) electrons. The molecule has 0 unspecified atom stereocenters. The van der Waals surface area contributed by atoms with E-state index in [0.29, 0.717) is 18.1 Å². The van der Waals surface area contributed by atoms with E-state index in [4.69, 9.17) is 4.74 Å².